The van der Waals surface area contributed by atoms with Crippen LogP contribution in [0, 0.1) is 13.8 Å². The summed E-state index contributed by atoms with van der Waals surface area (Å²) in [6, 6.07) is 14.1. The van der Waals surface area contributed by atoms with Crippen molar-refractivity contribution in [1.29, 1.82) is 0 Å². The van der Waals surface area contributed by atoms with Crippen molar-refractivity contribution in [2.75, 3.05) is 38.2 Å². The number of urea groups is 1. The molecule has 0 unspecified atom stereocenters. The Morgan fingerprint density at radius 3 is 2.27 bits per heavy atom. The molecule has 0 radical (unpaired) electrons. The van der Waals surface area contributed by atoms with Crippen molar-refractivity contribution in [2.24, 2.45) is 0 Å². The normalized spacial score (nSPS) is 14.1. The highest BCUT2D eigenvalue weighted by Crippen LogP contribution is 2.21. The number of hydrogen-bond donors (Lipinski definition) is 1. The Morgan fingerprint density at radius 2 is 1.63 bits per heavy atom. The third kappa shape index (κ3) is 4.30. The van der Waals surface area contributed by atoms with Crippen molar-refractivity contribution >= 4 is 22.8 Å². The molecule has 1 aliphatic rings. The SMILES string of the molecule is COc1nc2ccccc2nc1CNC(=O)N1CCN(c2cc(C)cc(C)c2)CC1. The quantitative estimate of drug-likeness (QED) is 0.721. The first-order valence-electron chi connectivity index (χ1n) is 10.2. The molecule has 1 saturated heterocycles. The molecule has 7 heteroatoms. The van der Waals surface area contributed by atoms with Crippen LogP contribution in [0.2, 0.25) is 0 Å². The molecule has 3 aromatic rings. The van der Waals surface area contributed by atoms with E-state index in [0.29, 0.717) is 24.7 Å². The molecule has 0 spiro atoms. The van der Waals surface area contributed by atoms with Crippen LogP contribution < -0.4 is 15.0 Å². The minimum absolute atomic E-state index is 0.0907. The van der Waals surface area contributed by atoms with Crippen LogP contribution in [-0.2, 0) is 6.54 Å². The number of aromatic nitrogens is 2. The second kappa shape index (κ2) is 8.57. The fourth-order valence-corrected chi connectivity index (χ4v) is 3.87. The van der Waals surface area contributed by atoms with E-state index < -0.39 is 0 Å². The van der Waals surface area contributed by atoms with Gasteiger partial charge in [0.15, 0.2) is 0 Å². The summed E-state index contributed by atoms with van der Waals surface area (Å²) in [5.41, 5.74) is 5.92. The molecule has 30 heavy (non-hydrogen) atoms. The second-order valence-corrected chi connectivity index (χ2v) is 7.65. The molecule has 2 aromatic carbocycles. The van der Waals surface area contributed by atoms with Crippen LogP contribution in [0.1, 0.15) is 16.8 Å². The number of nitrogens with one attached hydrogen (secondary N) is 1. The molecule has 0 bridgehead atoms. The van der Waals surface area contributed by atoms with Gasteiger partial charge in [0.05, 0.1) is 24.7 Å². The lowest BCUT2D eigenvalue weighted by Gasteiger charge is -2.36. The fraction of sp³-hybridized carbons (Fsp3) is 0.348. The van der Waals surface area contributed by atoms with Crippen LogP contribution in [0.4, 0.5) is 10.5 Å². The number of anilines is 1. The molecule has 4 rings (SSSR count). The molecular formula is C23H27N5O2. The average Bonchev–Trinajstić information content (AvgIpc) is 2.76. The van der Waals surface area contributed by atoms with Gasteiger partial charge in [-0.2, -0.15) is 0 Å². The number of piperazine rings is 1. The number of carbonyl (C=O) groups is 1. The van der Waals surface area contributed by atoms with Crippen LogP contribution in [-0.4, -0.2) is 54.2 Å². The lowest BCUT2D eigenvalue weighted by atomic mass is 10.1. The number of methoxy groups -OCH3 is 1. The van der Waals surface area contributed by atoms with Gasteiger partial charge in [-0.3, -0.25) is 0 Å². The topological polar surface area (TPSA) is 70.6 Å². The average molecular weight is 406 g/mol. The van der Waals surface area contributed by atoms with E-state index in [1.54, 1.807) is 7.11 Å². The van der Waals surface area contributed by atoms with Crippen molar-refractivity contribution in [2.45, 2.75) is 20.4 Å². The molecule has 2 heterocycles. The first-order chi connectivity index (χ1) is 14.5. The van der Waals surface area contributed by atoms with Crippen molar-refractivity contribution in [1.82, 2.24) is 20.2 Å². The highest BCUT2D eigenvalue weighted by Gasteiger charge is 2.22. The standard InChI is InChI=1S/C23H27N5O2/c1-16-12-17(2)14-18(13-16)27-8-10-28(11-9-27)23(29)24-15-21-22(30-3)26-20-7-5-4-6-19(20)25-21/h4-7,12-14H,8-11,15H2,1-3H3,(H,24,29). The summed E-state index contributed by atoms with van der Waals surface area (Å²) in [6.07, 6.45) is 0. The molecule has 0 atom stereocenters. The van der Waals surface area contributed by atoms with Gasteiger partial charge in [-0.05, 0) is 49.2 Å². The van der Waals surface area contributed by atoms with Crippen molar-refractivity contribution < 1.29 is 9.53 Å². The van der Waals surface area contributed by atoms with E-state index in [-0.39, 0.29) is 12.6 Å². The van der Waals surface area contributed by atoms with Crippen molar-refractivity contribution in [3.63, 3.8) is 0 Å². The molecule has 7 nitrogen and oxygen atoms in total. The Balaban J connectivity index is 1.37. The van der Waals surface area contributed by atoms with Crippen LogP contribution in [0.25, 0.3) is 11.0 Å². The van der Waals surface area contributed by atoms with E-state index in [0.717, 1.165) is 24.1 Å². The molecular weight excluding hydrogens is 378 g/mol. The lowest BCUT2D eigenvalue weighted by Crippen LogP contribution is -2.51. The summed E-state index contributed by atoms with van der Waals surface area (Å²) < 4.78 is 5.37. The van der Waals surface area contributed by atoms with Crippen LogP contribution in [0.15, 0.2) is 42.5 Å². The number of benzene rings is 2. The van der Waals surface area contributed by atoms with E-state index >= 15 is 0 Å². The van der Waals surface area contributed by atoms with E-state index in [2.05, 4.69) is 52.2 Å². The Bertz CT molecular complexity index is 1040. The Hall–Kier alpha value is -3.35. The number of aryl methyl sites for hydroxylation is 2. The van der Waals surface area contributed by atoms with Crippen LogP contribution in [0.3, 0.4) is 0 Å². The van der Waals surface area contributed by atoms with Gasteiger partial charge in [0, 0.05) is 31.9 Å². The molecule has 156 valence electrons. The number of hydrogen-bond acceptors (Lipinski definition) is 5. The predicted octanol–water partition coefficient (Wildman–Crippen LogP) is 3.29. The van der Waals surface area contributed by atoms with Gasteiger partial charge in [0.1, 0.15) is 5.69 Å². The zero-order valence-corrected chi connectivity index (χ0v) is 17.7. The second-order valence-electron chi connectivity index (χ2n) is 7.65. The Morgan fingerprint density at radius 1 is 1.00 bits per heavy atom. The number of carbonyl (C=O) groups excluding carboxylic acids is 1. The number of para-hydroxylation sites is 2. The van der Waals surface area contributed by atoms with Gasteiger partial charge in [-0.15, -0.1) is 0 Å². The summed E-state index contributed by atoms with van der Waals surface area (Å²) in [4.78, 5) is 26.0. The zero-order chi connectivity index (χ0) is 21.1. The molecule has 0 aliphatic carbocycles. The lowest BCUT2D eigenvalue weighted by molar-refractivity contribution is 0.193. The highest BCUT2D eigenvalue weighted by molar-refractivity contribution is 5.76. The highest BCUT2D eigenvalue weighted by atomic mass is 16.5. The van der Waals surface area contributed by atoms with Gasteiger partial charge in [0.25, 0.3) is 0 Å². The monoisotopic (exact) mass is 405 g/mol. The summed E-state index contributed by atoms with van der Waals surface area (Å²) in [6.45, 7) is 7.50. The number of rotatable bonds is 4. The van der Waals surface area contributed by atoms with Gasteiger partial charge >= 0.3 is 6.03 Å². The molecule has 1 aromatic heterocycles. The van der Waals surface area contributed by atoms with Crippen LogP contribution in [0.5, 0.6) is 5.88 Å². The van der Waals surface area contributed by atoms with Crippen molar-refractivity contribution in [3.05, 3.63) is 59.3 Å². The van der Waals surface area contributed by atoms with E-state index in [9.17, 15) is 4.79 Å². The van der Waals surface area contributed by atoms with Crippen LogP contribution >= 0.6 is 0 Å². The molecule has 1 aliphatic heterocycles. The maximum Gasteiger partial charge on any atom is 0.317 e. The number of fused-ring (bicyclic) bond motifs is 1. The number of nitrogens with zero attached hydrogens (tertiary/aromatic N) is 4. The third-order valence-electron chi connectivity index (χ3n) is 5.34. The first-order valence-corrected chi connectivity index (χ1v) is 10.2. The third-order valence-corrected chi connectivity index (χ3v) is 5.34. The van der Waals surface area contributed by atoms with E-state index in [1.165, 1.54) is 16.8 Å². The number of ether oxygens (including phenoxy) is 1. The van der Waals surface area contributed by atoms with Gasteiger partial charge < -0.3 is 19.9 Å². The van der Waals surface area contributed by atoms with E-state index in [4.69, 9.17) is 4.74 Å². The summed E-state index contributed by atoms with van der Waals surface area (Å²) >= 11 is 0. The van der Waals surface area contributed by atoms with Crippen molar-refractivity contribution in [3.8, 4) is 5.88 Å². The maximum absolute atomic E-state index is 12.7. The summed E-state index contributed by atoms with van der Waals surface area (Å²) in [7, 11) is 1.57. The number of amides is 2. The Kier molecular flexibility index (Phi) is 5.70. The minimum Gasteiger partial charge on any atom is -0.480 e. The Labute approximate surface area is 176 Å². The first kappa shape index (κ1) is 19.9. The van der Waals surface area contributed by atoms with Gasteiger partial charge in [-0.25, -0.2) is 14.8 Å². The largest absolute Gasteiger partial charge is 0.480 e. The molecule has 1 N–H and O–H groups in total. The predicted molar refractivity (Wildman–Crippen MR) is 118 cm³/mol. The minimum atomic E-state index is -0.0907. The molecule has 2 amide bonds. The smallest absolute Gasteiger partial charge is 0.317 e. The zero-order valence-electron chi connectivity index (χ0n) is 17.7. The summed E-state index contributed by atoms with van der Waals surface area (Å²) in [5, 5.41) is 2.97. The summed E-state index contributed by atoms with van der Waals surface area (Å²) in [5.74, 6) is 0.439. The maximum atomic E-state index is 12.7. The van der Waals surface area contributed by atoms with E-state index in [1.807, 2.05) is 29.2 Å². The van der Waals surface area contributed by atoms with Gasteiger partial charge in [-0.1, -0.05) is 18.2 Å². The molecule has 1 fully saturated rings. The van der Waals surface area contributed by atoms with Gasteiger partial charge in [0.2, 0.25) is 5.88 Å². The fourth-order valence-electron chi connectivity index (χ4n) is 3.87. The molecule has 0 saturated carbocycles.